The first-order valence-corrected chi connectivity index (χ1v) is 5.67. The van der Waals surface area contributed by atoms with Crippen LogP contribution in [0.3, 0.4) is 0 Å². The summed E-state index contributed by atoms with van der Waals surface area (Å²) < 4.78 is 0. The molecule has 86 valence electrons. The van der Waals surface area contributed by atoms with Crippen LogP contribution >= 0.6 is 0 Å². The number of nitrogens with zero attached hydrogens (tertiary/aromatic N) is 1. The second-order valence-electron chi connectivity index (χ2n) is 4.08. The Hall–Kier alpha value is -2.07. The van der Waals surface area contributed by atoms with Gasteiger partial charge in [0.05, 0.1) is 0 Å². The van der Waals surface area contributed by atoms with Crippen molar-refractivity contribution in [1.29, 1.82) is 0 Å². The van der Waals surface area contributed by atoms with E-state index in [1.807, 2.05) is 12.3 Å². The van der Waals surface area contributed by atoms with Crippen LogP contribution in [0.2, 0.25) is 0 Å². The highest BCUT2D eigenvalue weighted by molar-refractivity contribution is 5.79. The molecular formula is C13H14N4. The summed E-state index contributed by atoms with van der Waals surface area (Å²) >= 11 is 0. The number of nitrogens with one attached hydrogen (secondary N) is 3. The van der Waals surface area contributed by atoms with Crippen LogP contribution in [-0.4, -0.2) is 15.2 Å². The molecule has 0 spiro atoms. The number of fused-ring (bicyclic) bond motifs is 1. The molecule has 0 atom stereocenters. The lowest BCUT2D eigenvalue weighted by Gasteiger charge is -2.03. The molecule has 4 heteroatoms. The Balaban J connectivity index is 1.64. The molecule has 0 aliphatic carbocycles. The maximum absolute atomic E-state index is 3.91. The Morgan fingerprint density at radius 3 is 3.00 bits per heavy atom. The van der Waals surface area contributed by atoms with Gasteiger partial charge < -0.3 is 10.3 Å². The van der Waals surface area contributed by atoms with Gasteiger partial charge >= 0.3 is 0 Å². The summed E-state index contributed by atoms with van der Waals surface area (Å²) in [4.78, 5) is 3.22. The van der Waals surface area contributed by atoms with Gasteiger partial charge in [-0.2, -0.15) is 5.10 Å². The highest BCUT2D eigenvalue weighted by Crippen LogP contribution is 2.13. The maximum atomic E-state index is 3.91. The molecule has 0 amide bonds. The van der Waals surface area contributed by atoms with Gasteiger partial charge in [0.2, 0.25) is 0 Å². The van der Waals surface area contributed by atoms with Crippen molar-refractivity contribution < 1.29 is 0 Å². The predicted molar refractivity (Wildman–Crippen MR) is 67.4 cm³/mol. The third-order valence-electron chi connectivity index (χ3n) is 2.82. The van der Waals surface area contributed by atoms with E-state index in [1.54, 1.807) is 6.20 Å². The zero-order chi connectivity index (χ0) is 11.5. The molecule has 1 aromatic carbocycles. The summed E-state index contributed by atoms with van der Waals surface area (Å²) in [6, 6.07) is 10.5. The Morgan fingerprint density at radius 1 is 1.12 bits per heavy atom. The fraction of sp³-hybridized carbons (Fsp3) is 0.154. The molecule has 0 bridgehead atoms. The highest BCUT2D eigenvalue weighted by Gasteiger charge is 1.98. The normalized spacial score (nSPS) is 11.1. The van der Waals surface area contributed by atoms with Gasteiger partial charge in [-0.05, 0) is 29.1 Å². The molecule has 3 rings (SSSR count). The molecular weight excluding hydrogens is 212 g/mol. The molecule has 0 saturated carbocycles. The van der Waals surface area contributed by atoms with Gasteiger partial charge in [0.15, 0.2) is 0 Å². The Labute approximate surface area is 99.1 Å². The zero-order valence-electron chi connectivity index (χ0n) is 9.40. The number of hydrogen-bond acceptors (Lipinski definition) is 2. The molecule has 0 aliphatic heterocycles. The maximum Gasteiger partial charge on any atom is 0.0490 e. The van der Waals surface area contributed by atoms with E-state index in [-0.39, 0.29) is 0 Å². The molecule has 2 heterocycles. The number of benzene rings is 1. The monoisotopic (exact) mass is 226 g/mol. The van der Waals surface area contributed by atoms with Gasteiger partial charge in [0.1, 0.15) is 0 Å². The van der Waals surface area contributed by atoms with Crippen LogP contribution in [0.15, 0.2) is 42.7 Å². The SMILES string of the molecule is c1cc(CNCc2ccc3cc[nH]c3c2)[nH]n1. The lowest BCUT2D eigenvalue weighted by molar-refractivity contribution is 0.678. The summed E-state index contributed by atoms with van der Waals surface area (Å²) in [7, 11) is 0. The minimum absolute atomic E-state index is 0.808. The molecule has 3 N–H and O–H groups in total. The summed E-state index contributed by atoms with van der Waals surface area (Å²) in [5.41, 5.74) is 3.57. The van der Waals surface area contributed by atoms with Crippen LogP contribution < -0.4 is 5.32 Å². The molecule has 2 aromatic heterocycles. The van der Waals surface area contributed by atoms with Crippen molar-refractivity contribution in [3.63, 3.8) is 0 Å². The third kappa shape index (κ3) is 2.21. The van der Waals surface area contributed by atoms with Gasteiger partial charge in [-0.15, -0.1) is 0 Å². The molecule has 0 unspecified atom stereocenters. The van der Waals surface area contributed by atoms with Gasteiger partial charge in [-0.1, -0.05) is 12.1 Å². The van der Waals surface area contributed by atoms with Gasteiger partial charge in [0, 0.05) is 36.7 Å². The standard InChI is InChI=1S/C13H14N4/c1-2-11-3-5-15-13(11)7-10(1)8-14-9-12-4-6-16-17-12/h1-7,14-15H,8-9H2,(H,16,17). The second-order valence-corrected chi connectivity index (χ2v) is 4.08. The third-order valence-corrected chi connectivity index (χ3v) is 2.82. The summed E-state index contributed by atoms with van der Waals surface area (Å²) in [6.07, 6.45) is 3.73. The largest absolute Gasteiger partial charge is 0.361 e. The van der Waals surface area contributed by atoms with Crippen molar-refractivity contribution in [3.05, 3.63) is 54.0 Å². The number of H-pyrrole nitrogens is 2. The van der Waals surface area contributed by atoms with Gasteiger partial charge in [-0.25, -0.2) is 0 Å². The molecule has 17 heavy (non-hydrogen) atoms. The minimum atomic E-state index is 0.808. The van der Waals surface area contributed by atoms with E-state index in [1.165, 1.54) is 16.5 Å². The van der Waals surface area contributed by atoms with E-state index in [4.69, 9.17) is 0 Å². The van der Waals surface area contributed by atoms with E-state index >= 15 is 0 Å². The number of aromatic nitrogens is 3. The number of rotatable bonds is 4. The van der Waals surface area contributed by atoms with E-state index < -0.39 is 0 Å². The number of hydrogen-bond donors (Lipinski definition) is 3. The van der Waals surface area contributed by atoms with Crippen LogP contribution in [0.25, 0.3) is 10.9 Å². The Bertz CT molecular complexity index is 595. The van der Waals surface area contributed by atoms with Gasteiger partial charge in [0.25, 0.3) is 0 Å². The molecule has 4 nitrogen and oxygen atoms in total. The smallest absolute Gasteiger partial charge is 0.0490 e. The summed E-state index contributed by atoms with van der Waals surface area (Å²) in [5.74, 6) is 0. The van der Waals surface area contributed by atoms with Gasteiger partial charge in [-0.3, -0.25) is 5.10 Å². The predicted octanol–water partition coefficient (Wildman–Crippen LogP) is 2.18. The van der Waals surface area contributed by atoms with Crippen molar-refractivity contribution in [2.45, 2.75) is 13.1 Å². The van der Waals surface area contributed by atoms with Crippen LogP contribution in [0.1, 0.15) is 11.3 Å². The topological polar surface area (TPSA) is 56.5 Å². The van der Waals surface area contributed by atoms with E-state index in [2.05, 4.69) is 44.8 Å². The Kier molecular flexibility index (Phi) is 2.63. The van der Waals surface area contributed by atoms with Crippen LogP contribution in [0.5, 0.6) is 0 Å². The fourth-order valence-electron chi connectivity index (χ4n) is 1.93. The molecule has 0 aliphatic rings. The average Bonchev–Trinajstić information content (AvgIpc) is 2.98. The first-order valence-electron chi connectivity index (χ1n) is 5.67. The average molecular weight is 226 g/mol. The molecule has 0 fully saturated rings. The minimum Gasteiger partial charge on any atom is -0.361 e. The Morgan fingerprint density at radius 2 is 2.12 bits per heavy atom. The van der Waals surface area contributed by atoms with Crippen molar-refractivity contribution in [1.82, 2.24) is 20.5 Å². The summed E-state index contributed by atoms with van der Waals surface area (Å²) in [5, 5.41) is 11.5. The first kappa shape index (κ1) is 10.1. The second kappa shape index (κ2) is 4.43. The van der Waals surface area contributed by atoms with Crippen LogP contribution in [0, 0.1) is 0 Å². The van der Waals surface area contributed by atoms with E-state index in [0.29, 0.717) is 0 Å². The van der Waals surface area contributed by atoms with Crippen LogP contribution in [0.4, 0.5) is 0 Å². The van der Waals surface area contributed by atoms with Crippen LogP contribution in [-0.2, 0) is 13.1 Å². The molecule has 0 saturated heterocycles. The highest BCUT2D eigenvalue weighted by atomic mass is 15.1. The first-order chi connectivity index (χ1) is 8.42. The van der Waals surface area contributed by atoms with Crippen molar-refractivity contribution >= 4 is 10.9 Å². The summed E-state index contributed by atoms with van der Waals surface area (Å²) in [6.45, 7) is 1.66. The van der Waals surface area contributed by atoms with Crippen molar-refractivity contribution in [2.75, 3.05) is 0 Å². The van der Waals surface area contributed by atoms with E-state index in [0.717, 1.165) is 18.8 Å². The molecule has 0 radical (unpaired) electrons. The fourth-order valence-corrected chi connectivity index (χ4v) is 1.93. The van der Waals surface area contributed by atoms with Crippen molar-refractivity contribution in [2.24, 2.45) is 0 Å². The molecule has 3 aromatic rings. The van der Waals surface area contributed by atoms with Crippen molar-refractivity contribution in [3.8, 4) is 0 Å². The zero-order valence-corrected chi connectivity index (χ0v) is 9.40. The lowest BCUT2D eigenvalue weighted by atomic mass is 10.1. The number of aromatic amines is 2. The quantitative estimate of drug-likeness (QED) is 0.638. The lowest BCUT2D eigenvalue weighted by Crippen LogP contribution is -2.12. The van der Waals surface area contributed by atoms with E-state index in [9.17, 15) is 0 Å².